The predicted octanol–water partition coefficient (Wildman–Crippen LogP) is 3.79. The van der Waals surface area contributed by atoms with Crippen molar-refractivity contribution in [3.63, 3.8) is 0 Å². The summed E-state index contributed by atoms with van der Waals surface area (Å²) in [5, 5.41) is 4.65. The first kappa shape index (κ1) is 13.3. The lowest BCUT2D eigenvalue weighted by molar-refractivity contribution is 1.23. The van der Waals surface area contributed by atoms with Crippen molar-refractivity contribution in [2.24, 2.45) is 5.73 Å². The molecular weight excluding hydrogens is 286 g/mol. The second-order valence-corrected chi connectivity index (χ2v) is 5.92. The number of aryl methyl sites for hydroxylation is 2. The van der Waals surface area contributed by atoms with Crippen molar-refractivity contribution in [1.82, 2.24) is 4.98 Å². The summed E-state index contributed by atoms with van der Waals surface area (Å²) < 4.78 is 0. The molecule has 0 saturated carbocycles. The number of hydrogen-bond donors (Lipinski definition) is 2. The Morgan fingerprint density at radius 3 is 2.72 bits per heavy atom. The van der Waals surface area contributed by atoms with Crippen LogP contribution in [0.25, 0.3) is 0 Å². The minimum Gasteiger partial charge on any atom is -0.389 e. The Kier molecular flexibility index (Phi) is 3.85. The third-order valence-electron chi connectivity index (χ3n) is 2.52. The van der Waals surface area contributed by atoms with Gasteiger partial charge in [0.15, 0.2) is 5.13 Å². The van der Waals surface area contributed by atoms with Gasteiger partial charge in [0.1, 0.15) is 4.99 Å². The summed E-state index contributed by atoms with van der Waals surface area (Å²) >= 11 is 12.6. The van der Waals surface area contributed by atoms with Crippen molar-refractivity contribution >= 4 is 51.0 Å². The van der Waals surface area contributed by atoms with E-state index < -0.39 is 0 Å². The predicted molar refractivity (Wildman–Crippen MR) is 82.2 cm³/mol. The molecule has 0 spiro atoms. The number of anilines is 2. The fourth-order valence-corrected chi connectivity index (χ4v) is 2.64. The number of nitrogens with two attached hydrogens (primary N) is 1. The minimum atomic E-state index is 0.310. The molecule has 1 aromatic carbocycles. The van der Waals surface area contributed by atoms with Crippen molar-refractivity contribution in [3.8, 4) is 0 Å². The van der Waals surface area contributed by atoms with Crippen LogP contribution >= 0.6 is 35.2 Å². The van der Waals surface area contributed by atoms with E-state index in [0.29, 0.717) is 10.0 Å². The van der Waals surface area contributed by atoms with Crippen molar-refractivity contribution in [2.75, 3.05) is 5.32 Å². The Labute approximate surface area is 120 Å². The molecule has 2 rings (SSSR count). The van der Waals surface area contributed by atoms with Gasteiger partial charge >= 0.3 is 0 Å². The molecule has 0 saturated heterocycles. The van der Waals surface area contributed by atoms with Gasteiger partial charge in [-0.05, 0) is 32.0 Å². The summed E-state index contributed by atoms with van der Waals surface area (Å²) in [7, 11) is 0. The Morgan fingerprint density at radius 2 is 2.17 bits per heavy atom. The van der Waals surface area contributed by atoms with Crippen molar-refractivity contribution < 1.29 is 0 Å². The average molecular weight is 298 g/mol. The van der Waals surface area contributed by atoms with Crippen LogP contribution in [0.15, 0.2) is 18.2 Å². The minimum absolute atomic E-state index is 0.310. The molecular formula is C12H12ClN3S2. The van der Waals surface area contributed by atoms with Crippen LogP contribution < -0.4 is 11.1 Å². The number of halogens is 1. The number of hydrogen-bond acceptors (Lipinski definition) is 4. The summed E-state index contributed by atoms with van der Waals surface area (Å²) in [5.74, 6) is 0. The zero-order chi connectivity index (χ0) is 13.3. The molecule has 0 amide bonds. The highest BCUT2D eigenvalue weighted by atomic mass is 35.5. The van der Waals surface area contributed by atoms with Crippen molar-refractivity contribution in [3.05, 3.63) is 39.4 Å². The second kappa shape index (κ2) is 5.22. The van der Waals surface area contributed by atoms with E-state index in [4.69, 9.17) is 29.6 Å². The fraction of sp³-hybridized carbons (Fsp3) is 0.167. The van der Waals surface area contributed by atoms with Gasteiger partial charge in [0.25, 0.3) is 0 Å². The lowest BCUT2D eigenvalue weighted by Crippen LogP contribution is -2.11. The van der Waals surface area contributed by atoms with Crippen LogP contribution in [-0.2, 0) is 0 Å². The van der Waals surface area contributed by atoms with Gasteiger partial charge in [-0.25, -0.2) is 4.98 Å². The number of rotatable bonds is 3. The first-order chi connectivity index (χ1) is 8.47. The topological polar surface area (TPSA) is 50.9 Å². The van der Waals surface area contributed by atoms with Gasteiger partial charge < -0.3 is 11.1 Å². The first-order valence-electron chi connectivity index (χ1n) is 5.28. The number of thiazole rings is 1. The van der Waals surface area contributed by atoms with Crippen molar-refractivity contribution in [1.29, 1.82) is 0 Å². The zero-order valence-electron chi connectivity index (χ0n) is 9.95. The largest absolute Gasteiger partial charge is 0.389 e. The number of nitrogens with one attached hydrogen (secondary N) is 1. The molecule has 1 aromatic heterocycles. The summed E-state index contributed by atoms with van der Waals surface area (Å²) in [6.45, 7) is 4.02. The third-order valence-corrected chi connectivity index (χ3v) is 3.96. The molecule has 0 bridgehead atoms. The summed E-state index contributed by atoms with van der Waals surface area (Å²) in [5.41, 5.74) is 8.25. The summed E-state index contributed by atoms with van der Waals surface area (Å²) in [6.07, 6.45) is 0. The average Bonchev–Trinajstić information content (AvgIpc) is 2.60. The number of nitrogens with zero attached hydrogens (tertiary/aromatic N) is 1. The lowest BCUT2D eigenvalue weighted by Gasteiger charge is -2.09. The number of thiocarbonyl (C=S) groups is 1. The summed E-state index contributed by atoms with van der Waals surface area (Å²) in [6, 6.07) is 5.39. The molecule has 0 radical (unpaired) electrons. The number of aromatic nitrogens is 1. The van der Waals surface area contributed by atoms with E-state index in [9.17, 15) is 0 Å². The maximum absolute atomic E-state index is 5.94. The molecule has 3 N–H and O–H groups in total. The Hall–Kier alpha value is -1.17. The van der Waals surface area contributed by atoms with Crippen molar-refractivity contribution in [2.45, 2.75) is 13.8 Å². The first-order valence-corrected chi connectivity index (χ1v) is 6.88. The molecule has 2 aromatic rings. The van der Waals surface area contributed by atoms with E-state index in [1.165, 1.54) is 4.88 Å². The number of benzene rings is 1. The molecule has 1 heterocycles. The van der Waals surface area contributed by atoms with Crippen LogP contribution in [0, 0.1) is 13.8 Å². The Morgan fingerprint density at radius 1 is 1.44 bits per heavy atom. The molecule has 0 aliphatic carbocycles. The Bertz CT molecular complexity index is 588. The second-order valence-electron chi connectivity index (χ2n) is 3.84. The molecule has 0 fully saturated rings. The van der Waals surface area contributed by atoms with E-state index in [2.05, 4.69) is 10.3 Å². The standard InChI is InChI=1S/C12H12ClN3S2/c1-6-7(2)18-12(15-6)16-10-4-3-8(13)5-9(10)11(14)17/h3-5H,1-2H3,(H2,14,17)(H,15,16). The quantitative estimate of drug-likeness (QED) is 0.846. The Balaban J connectivity index is 2.36. The van der Waals surface area contributed by atoms with Crippen LogP contribution in [0.1, 0.15) is 16.1 Å². The van der Waals surface area contributed by atoms with Gasteiger partial charge in [-0.3, -0.25) is 0 Å². The van der Waals surface area contributed by atoms with E-state index in [1.807, 2.05) is 19.9 Å². The van der Waals surface area contributed by atoms with Crippen LogP contribution in [0.3, 0.4) is 0 Å². The highest BCUT2D eigenvalue weighted by Crippen LogP contribution is 2.28. The highest BCUT2D eigenvalue weighted by Gasteiger charge is 2.09. The van der Waals surface area contributed by atoms with E-state index in [0.717, 1.165) is 22.1 Å². The van der Waals surface area contributed by atoms with Crippen LogP contribution in [-0.4, -0.2) is 9.97 Å². The molecule has 0 unspecified atom stereocenters. The van der Waals surface area contributed by atoms with Gasteiger partial charge in [-0.15, -0.1) is 11.3 Å². The van der Waals surface area contributed by atoms with Gasteiger partial charge in [0.2, 0.25) is 0 Å². The zero-order valence-corrected chi connectivity index (χ0v) is 12.3. The maximum atomic E-state index is 5.94. The fourth-order valence-electron chi connectivity index (χ4n) is 1.47. The van der Waals surface area contributed by atoms with E-state index in [1.54, 1.807) is 23.5 Å². The van der Waals surface area contributed by atoms with Crippen LogP contribution in [0.5, 0.6) is 0 Å². The highest BCUT2D eigenvalue weighted by molar-refractivity contribution is 7.80. The van der Waals surface area contributed by atoms with Gasteiger partial charge in [-0.2, -0.15) is 0 Å². The molecule has 18 heavy (non-hydrogen) atoms. The van der Waals surface area contributed by atoms with Gasteiger partial charge in [-0.1, -0.05) is 23.8 Å². The van der Waals surface area contributed by atoms with E-state index in [-0.39, 0.29) is 0 Å². The third kappa shape index (κ3) is 2.80. The van der Waals surface area contributed by atoms with Crippen LogP contribution in [0.4, 0.5) is 10.8 Å². The molecule has 6 heteroatoms. The van der Waals surface area contributed by atoms with Gasteiger partial charge in [0.05, 0.1) is 11.4 Å². The molecule has 0 atom stereocenters. The SMILES string of the molecule is Cc1nc(Nc2ccc(Cl)cc2C(N)=S)sc1C. The lowest BCUT2D eigenvalue weighted by atomic mass is 10.2. The monoisotopic (exact) mass is 297 g/mol. The maximum Gasteiger partial charge on any atom is 0.187 e. The van der Waals surface area contributed by atoms with E-state index >= 15 is 0 Å². The molecule has 94 valence electrons. The van der Waals surface area contributed by atoms with Crippen LogP contribution in [0.2, 0.25) is 5.02 Å². The molecule has 0 aliphatic heterocycles. The van der Waals surface area contributed by atoms with Gasteiger partial charge in [0, 0.05) is 15.5 Å². The smallest absolute Gasteiger partial charge is 0.187 e. The molecule has 3 nitrogen and oxygen atoms in total. The normalized spacial score (nSPS) is 10.4. The molecule has 0 aliphatic rings. The summed E-state index contributed by atoms with van der Waals surface area (Å²) in [4.78, 5) is 5.91.